The number of allylic oxidation sites excluding steroid dienone is 2. The molecular formula is C11H16O2. The van der Waals surface area contributed by atoms with E-state index in [1.807, 2.05) is 20.8 Å². The molecule has 2 heteroatoms. The van der Waals surface area contributed by atoms with Gasteiger partial charge in [-0.3, -0.25) is 4.79 Å². The van der Waals surface area contributed by atoms with E-state index in [9.17, 15) is 4.79 Å². The summed E-state index contributed by atoms with van der Waals surface area (Å²) < 4.78 is 0. The van der Waals surface area contributed by atoms with Crippen molar-refractivity contribution >= 4 is 5.97 Å². The van der Waals surface area contributed by atoms with Crippen LogP contribution in [-0.4, -0.2) is 11.1 Å². The van der Waals surface area contributed by atoms with E-state index in [4.69, 9.17) is 5.11 Å². The van der Waals surface area contributed by atoms with Gasteiger partial charge < -0.3 is 5.11 Å². The first-order chi connectivity index (χ1) is 6.02. The van der Waals surface area contributed by atoms with Crippen LogP contribution in [0.4, 0.5) is 0 Å². The highest BCUT2D eigenvalue weighted by molar-refractivity contribution is 5.67. The van der Waals surface area contributed by atoms with Crippen LogP contribution in [0.25, 0.3) is 0 Å². The standard InChI is InChI=1S/C11H16O2/c1-9(2)5-4-6-10(3)7-8-11(12)13/h6,9H,7-8H2,1-3H3,(H,12,13)/b10-6+. The molecule has 0 aliphatic rings. The highest BCUT2D eigenvalue weighted by Gasteiger charge is 1.96. The molecule has 0 amide bonds. The fraction of sp³-hybridized carbons (Fsp3) is 0.545. The van der Waals surface area contributed by atoms with Crippen LogP contribution in [0.5, 0.6) is 0 Å². The molecular weight excluding hydrogens is 164 g/mol. The number of aliphatic carboxylic acids is 1. The molecule has 13 heavy (non-hydrogen) atoms. The normalized spacial score (nSPS) is 10.9. The molecule has 0 spiro atoms. The van der Waals surface area contributed by atoms with Crippen molar-refractivity contribution in [2.75, 3.05) is 0 Å². The minimum atomic E-state index is -0.760. The van der Waals surface area contributed by atoms with E-state index in [-0.39, 0.29) is 6.42 Å². The van der Waals surface area contributed by atoms with Crippen molar-refractivity contribution in [3.05, 3.63) is 11.6 Å². The maximum Gasteiger partial charge on any atom is 0.303 e. The molecule has 1 N–H and O–H groups in total. The van der Waals surface area contributed by atoms with Crippen LogP contribution in [0.3, 0.4) is 0 Å². The number of hydrogen-bond acceptors (Lipinski definition) is 1. The van der Waals surface area contributed by atoms with E-state index in [1.54, 1.807) is 6.08 Å². The van der Waals surface area contributed by atoms with Crippen LogP contribution in [0, 0.1) is 17.8 Å². The van der Waals surface area contributed by atoms with Gasteiger partial charge in [-0.1, -0.05) is 31.3 Å². The Morgan fingerprint density at radius 3 is 2.54 bits per heavy atom. The van der Waals surface area contributed by atoms with Crippen molar-refractivity contribution in [2.24, 2.45) is 5.92 Å². The maximum atomic E-state index is 10.2. The number of carboxylic acids is 1. The Labute approximate surface area is 79.7 Å². The predicted octanol–water partition coefficient (Wildman–Crippen LogP) is 2.46. The number of carboxylic acid groups (broad SMARTS) is 1. The molecule has 0 saturated heterocycles. The third-order valence-electron chi connectivity index (χ3n) is 1.42. The summed E-state index contributed by atoms with van der Waals surface area (Å²) in [4.78, 5) is 10.2. The molecule has 0 rings (SSSR count). The Kier molecular flexibility index (Phi) is 5.71. The first kappa shape index (κ1) is 11.8. The molecule has 0 saturated carbocycles. The van der Waals surface area contributed by atoms with Crippen molar-refractivity contribution in [3.8, 4) is 11.8 Å². The SMILES string of the molecule is C/C(=C\C#CC(C)C)CCC(=O)O. The number of rotatable bonds is 3. The summed E-state index contributed by atoms with van der Waals surface area (Å²) in [5.41, 5.74) is 1.02. The van der Waals surface area contributed by atoms with Crippen molar-refractivity contribution in [3.63, 3.8) is 0 Å². The lowest BCUT2D eigenvalue weighted by Gasteiger charge is -1.94. The summed E-state index contributed by atoms with van der Waals surface area (Å²) in [7, 11) is 0. The van der Waals surface area contributed by atoms with Gasteiger partial charge in [-0.25, -0.2) is 0 Å². The van der Waals surface area contributed by atoms with Gasteiger partial charge in [-0.05, 0) is 19.4 Å². The zero-order valence-corrected chi connectivity index (χ0v) is 8.42. The minimum Gasteiger partial charge on any atom is -0.481 e. The van der Waals surface area contributed by atoms with Crippen LogP contribution in [0.15, 0.2) is 11.6 Å². The predicted molar refractivity (Wildman–Crippen MR) is 53.2 cm³/mol. The molecule has 0 aliphatic carbocycles. The van der Waals surface area contributed by atoms with E-state index in [0.29, 0.717) is 12.3 Å². The van der Waals surface area contributed by atoms with E-state index >= 15 is 0 Å². The van der Waals surface area contributed by atoms with Crippen LogP contribution in [0.2, 0.25) is 0 Å². The molecule has 0 unspecified atom stereocenters. The molecule has 0 heterocycles. The van der Waals surface area contributed by atoms with Crippen LogP contribution in [-0.2, 0) is 4.79 Å². The Balaban J connectivity index is 3.91. The van der Waals surface area contributed by atoms with E-state index in [2.05, 4.69) is 11.8 Å². The first-order valence-electron chi connectivity index (χ1n) is 4.41. The highest BCUT2D eigenvalue weighted by atomic mass is 16.4. The maximum absolute atomic E-state index is 10.2. The second kappa shape index (κ2) is 6.30. The van der Waals surface area contributed by atoms with Crippen molar-refractivity contribution in [2.45, 2.75) is 33.6 Å². The molecule has 72 valence electrons. The molecule has 0 aromatic heterocycles. The van der Waals surface area contributed by atoms with Crippen molar-refractivity contribution < 1.29 is 9.90 Å². The summed E-state index contributed by atoms with van der Waals surface area (Å²) in [5, 5.41) is 8.41. The number of hydrogen-bond donors (Lipinski definition) is 1. The fourth-order valence-electron chi connectivity index (χ4n) is 0.708. The summed E-state index contributed by atoms with van der Waals surface area (Å²) in [5.74, 6) is 5.50. The molecule has 0 atom stereocenters. The van der Waals surface area contributed by atoms with Gasteiger partial charge in [-0.2, -0.15) is 0 Å². The molecule has 0 aliphatic heterocycles. The van der Waals surface area contributed by atoms with Crippen LogP contribution >= 0.6 is 0 Å². The Morgan fingerprint density at radius 1 is 1.46 bits per heavy atom. The van der Waals surface area contributed by atoms with E-state index < -0.39 is 5.97 Å². The summed E-state index contributed by atoms with van der Waals surface area (Å²) in [6.07, 6.45) is 2.57. The van der Waals surface area contributed by atoms with Gasteiger partial charge in [0.15, 0.2) is 0 Å². The second-order valence-corrected chi connectivity index (χ2v) is 3.33. The third-order valence-corrected chi connectivity index (χ3v) is 1.42. The lowest BCUT2D eigenvalue weighted by atomic mass is 10.1. The Hall–Kier alpha value is -1.23. The molecule has 0 aromatic rings. The van der Waals surface area contributed by atoms with Crippen LogP contribution < -0.4 is 0 Å². The molecule has 2 nitrogen and oxygen atoms in total. The average Bonchev–Trinajstić information content (AvgIpc) is 2.00. The van der Waals surface area contributed by atoms with Gasteiger partial charge >= 0.3 is 5.97 Å². The first-order valence-corrected chi connectivity index (χ1v) is 4.41. The second-order valence-electron chi connectivity index (χ2n) is 3.33. The lowest BCUT2D eigenvalue weighted by molar-refractivity contribution is -0.136. The smallest absolute Gasteiger partial charge is 0.303 e. The highest BCUT2D eigenvalue weighted by Crippen LogP contribution is 2.02. The largest absolute Gasteiger partial charge is 0.481 e. The quantitative estimate of drug-likeness (QED) is 0.677. The minimum absolute atomic E-state index is 0.186. The molecule has 0 radical (unpaired) electrons. The number of carbonyl (C=O) groups is 1. The fourth-order valence-corrected chi connectivity index (χ4v) is 0.708. The third kappa shape index (κ3) is 8.68. The van der Waals surface area contributed by atoms with E-state index in [1.165, 1.54) is 0 Å². The molecule has 0 bridgehead atoms. The molecule has 0 fully saturated rings. The molecule has 0 aromatic carbocycles. The zero-order chi connectivity index (χ0) is 10.3. The Bertz CT molecular complexity index is 251. The van der Waals surface area contributed by atoms with Gasteiger partial charge in [0.05, 0.1) is 0 Å². The summed E-state index contributed by atoms with van der Waals surface area (Å²) in [6, 6.07) is 0. The van der Waals surface area contributed by atoms with E-state index in [0.717, 1.165) is 5.57 Å². The van der Waals surface area contributed by atoms with Gasteiger partial charge in [0.2, 0.25) is 0 Å². The van der Waals surface area contributed by atoms with Crippen molar-refractivity contribution in [1.82, 2.24) is 0 Å². The Morgan fingerprint density at radius 2 is 2.08 bits per heavy atom. The van der Waals surface area contributed by atoms with Crippen LogP contribution in [0.1, 0.15) is 33.6 Å². The summed E-state index contributed by atoms with van der Waals surface area (Å²) >= 11 is 0. The van der Waals surface area contributed by atoms with Gasteiger partial charge in [0.1, 0.15) is 0 Å². The monoisotopic (exact) mass is 180 g/mol. The zero-order valence-electron chi connectivity index (χ0n) is 8.42. The van der Waals surface area contributed by atoms with Gasteiger partial charge in [0.25, 0.3) is 0 Å². The van der Waals surface area contributed by atoms with Gasteiger partial charge in [0, 0.05) is 12.3 Å². The van der Waals surface area contributed by atoms with Crippen molar-refractivity contribution in [1.29, 1.82) is 0 Å². The van der Waals surface area contributed by atoms with Gasteiger partial charge in [-0.15, -0.1) is 0 Å². The lowest BCUT2D eigenvalue weighted by Crippen LogP contribution is -1.93. The topological polar surface area (TPSA) is 37.3 Å². The average molecular weight is 180 g/mol. The summed E-state index contributed by atoms with van der Waals surface area (Å²) in [6.45, 7) is 5.94.